The summed E-state index contributed by atoms with van der Waals surface area (Å²) in [5, 5.41) is 11.3. The second-order valence-electron chi connectivity index (χ2n) is 4.24. The second kappa shape index (κ2) is 4.99. The quantitative estimate of drug-likeness (QED) is 0.800. The minimum atomic E-state index is -0.444. The summed E-state index contributed by atoms with van der Waals surface area (Å²) in [6.45, 7) is 0. The normalized spacial score (nSPS) is 20.1. The van der Waals surface area contributed by atoms with Crippen LogP contribution in [0.1, 0.15) is 32.1 Å². The lowest BCUT2D eigenvalue weighted by atomic mass is 9.86. The van der Waals surface area contributed by atoms with Crippen molar-refractivity contribution in [1.82, 2.24) is 4.98 Å². The summed E-state index contributed by atoms with van der Waals surface area (Å²) in [6, 6.07) is 5.90. The summed E-state index contributed by atoms with van der Waals surface area (Å²) >= 11 is 1.66. The van der Waals surface area contributed by atoms with Crippen LogP contribution in [-0.2, 0) is 0 Å². The maximum Gasteiger partial charge on any atom is 0.0960 e. The van der Waals surface area contributed by atoms with Crippen molar-refractivity contribution < 1.29 is 5.11 Å². The lowest BCUT2D eigenvalue weighted by Gasteiger charge is -2.31. The molecular weight excluding hydrogens is 206 g/mol. The monoisotopic (exact) mass is 223 g/mol. The minimum Gasteiger partial charge on any atom is -0.389 e. The molecule has 0 amide bonds. The maximum atomic E-state index is 10.3. The molecule has 0 unspecified atom stereocenters. The van der Waals surface area contributed by atoms with Gasteiger partial charge < -0.3 is 5.11 Å². The first-order chi connectivity index (χ1) is 7.29. The third-order valence-corrected chi connectivity index (χ3v) is 4.13. The van der Waals surface area contributed by atoms with Crippen molar-refractivity contribution in [2.75, 3.05) is 5.75 Å². The molecule has 82 valence electrons. The summed E-state index contributed by atoms with van der Waals surface area (Å²) in [4.78, 5) is 4.25. The summed E-state index contributed by atoms with van der Waals surface area (Å²) in [6.07, 6.45) is 7.31. The zero-order valence-corrected chi connectivity index (χ0v) is 9.67. The van der Waals surface area contributed by atoms with E-state index in [2.05, 4.69) is 4.98 Å². The molecule has 1 saturated carbocycles. The summed E-state index contributed by atoms with van der Waals surface area (Å²) < 4.78 is 0. The van der Waals surface area contributed by atoms with Gasteiger partial charge in [0.05, 0.1) is 10.6 Å². The van der Waals surface area contributed by atoms with E-state index < -0.39 is 5.60 Å². The Bertz CT molecular complexity index is 296. The van der Waals surface area contributed by atoms with Crippen LogP contribution in [0.4, 0.5) is 0 Å². The number of rotatable bonds is 3. The highest BCUT2D eigenvalue weighted by molar-refractivity contribution is 7.99. The number of nitrogens with zero attached hydrogens (tertiary/aromatic N) is 1. The number of aromatic nitrogens is 1. The van der Waals surface area contributed by atoms with Crippen molar-refractivity contribution >= 4 is 11.8 Å². The molecule has 0 saturated heterocycles. The molecule has 15 heavy (non-hydrogen) atoms. The molecular formula is C12H17NOS. The number of hydrogen-bond donors (Lipinski definition) is 1. The lowest BCUT2D eigenvalue weighted by Crippen LogP contribution is -2.33. The standard InChI is InChI=1S/C12H17NOS/c14-12(7-3-1-4-8-12)10-15-11-6-2-5-9-13-11/h2,5-6,9,14H,1,3-4,7-8,10H2. The molecule has 1 aromatic rings. The zero-order chi connectivity index (χ0) is 10.6. The zero-order valence-electron chi connectivity index (χ0n) is 8.85. The van der Waals surface area contributed by atoms with Gasteiger partial charge in [-0.2, -0.15) is 0 Å². The fraction of sp³-hybridized carbons (Fsp3) is 0.583. The van der Waals surface area contributed by atoms with Gasteiger partial charge in [-0.15, -0.1) is 11.8 Å². The molecule has 0 bridgehead atoms. The molecule has 1 aliphatic carbocycles. The van der Waals surface area contributed by atoms with Crippen molar-refractivity contribution in [3.05, 3.63) is 24.4 Å². The van der Waals surface area contributed by atoms with Gasteiger partial charge in [0.2, 0.25) is 0 Å². The molecule has 0 radical (unpaired) electrons. The Morgan fingerprint density at radius 3 is 2.73 bits per heavy atom. The van der Waals surface area contributed by atoms with Gasteiger partial charge in [0.1, 0.15) is 0 Å². The topological polar surface area (TPSA) is 33.1 Å². The average molecular weight is 223 g/mol. The first-order valence-corrected chi connectivity index (χ1v) is 6.53. The molecule has 1 aliphatic rings. The van der Waals surface area contributed by atoms with E-state index in [-0.39, 0.29) is 0 Å². The molecule has 3 heteroatoms. The van der Waals surface area contributed by atoms with Crippen LogP contribution in [-0.4, -0.2) is 21.4 Å². The average Bonchev–Trinajstić information content (AvgIpc) is 2.29. The number of thioether (sulfide) groups is 1. The van der Waals surface area contributed by atoms with E-state index in [1.54, 1.807) is 18.0 Å². The van der Waals surface area contributed by atoms with Gasteiger partial charge in [-0.05, 0) is 25.0 Å². The van der Waals surface area contributed by atoms with Crippen molar-refractivity contribution in [3.63, 3.8) is 0 Å². The van der Waals surface area contributed by atoms with Gasteiger partial charge in [0, 0.05) is 11.9 Å². The first kappa shape index (κ1) is 11.0. The Labute approximate surface area is 95.1 Å². The molecule has 2 rings (SSSR count). The van der Waals surface area contributed by atoms with E-state index in [4.69, 9.17) is 0 Å². The molecule has 1 heterocycles. The van der Waals surface area contributed by atoms with Gasteiger partial charge in [-0.25, -0.2) is 4.98 Å². The first-order valence-electron chi connectivity index (χ1n) is 5.55. The fourth-order valence-corrected chi connectivity index (χ4v) is 3.01. The fourth-order valence-electron chi connectivity index (χ4n) is 1.99. The molecule has 1 aromatic heterocycles. The summed E-state index contributed by atoms with van der Waals surface area (Å²) in [7, 11) is 0. The molecule has 2 nitrogen and oxygen atoms in total. The molecule has 1 N–H and O–H groups in total. The number of aliphatic hydroxyl groups is 1. The predicted octanol–water partition coefficient (Wildman–Crippen LogP) is 2.87. The van der Waals surface area contributed by atoms with E-state index >= 15 is 0 Å². The van der Waals surface area contributed by atoms with E-state index in [1.165, 1.54) is 19.3 Å². The van der Waals surface area contributed by atoms with Crippen molar-refractivity contribution in [1.29, 1.82) is 0 Å². The maximum absolute atomic E-state index is 10.3. The minimum absolute atomic E-state index is 0.444. The molecule has 0 aliphatic heterocycles. The SMILES string of the molecule is OC1(CSc2ccccn2)CCCCC1. The Hall–Kier alpha value is -0.540. The Morgan fingerprint density at radius 2 is 2.07 bits per heavy atom. The van der Waals surface area contributed by atoms with Crippen LogP contribution in [0, 0.1) is 0 Å². The van der Waals surface area contributed by atoms with Crippen LogP contribution in [0.2, 0.25) is 0 Å². The van der Waals surface area contributed by atoms with Crippen molar-refractivity contribution in [2.45, 2.75) is 42.7 Å². The van der Waals surface area contributed by atoms with E-state index in [9.17, 15) is 5.11 Å². The third kappa shape index (κ3) is 3.21. The van der Waals surface area contributed by atoms with Crippen LogP contribution in [0.3, 0.4) is 0 Å². The van der Waals surface area contributed by atoms with E-state index in [0.717, 1.165) is 23.6 Å². The third-order valence-electron chi connectivity index (χ3n) is 2.91. The Balaban J connectivity index is 1.87. The van der Waals surface area contributed by atoms with Gasteiger partial charge in [-0.1, -0.05) is 25.3 Å². The lowest BCUT2D eigenvalue weighted by molar-refractivity contribution is 0.0272. The van der Waals surface area contributed by atoms with Gasteiger partial charge in [0.25, 0.3) is 0 Å². The van der Waals surface area contributed by atoms with Crippen molar-refractivity contribution in [3.8, 4) is 0 Å². The second-order valence-corrected chi connectivity index (χ2v) is 5.24. The van der Waals surface area contributed by atoms with E-state index in [1.807, 2.05) is 18.2 Å². The summed E-state index contributed by atoms with van der Waals surface area (Å²) in [5.74, 6) is 0.782. The van der Waals surface area contributed by atoms with Gasteiger partial charge >= 0.3 is 0 Å². The van der Waals surface area contributed by atoms with Gasteiger partial charge in [-0.3, -0.25) is 0 Å². The smallest absolute Gasteiger partial charge is 0.0960 e. The van der Waals surface area contributed by atoms with Crippen LogP contribution in [0.5, 0.6) is 0 Å². The Kier molecular flexibility index (Phi) is 3.65. The highest BCUT2D eigenvalue weighted by atomic mass is 32.2. The van der Waals surface area contributed by atoms with Crippen LogP contribution in [0.15, 0.2) is 29.4 Å². The van der Waals surface area contributed by atoms with Gasteiger partial charge in [0.15, 0.2) is 0 Å². The summed E-state index contributed by atoms with van der Waals surface area (Å²) in [5.41, 5.74) is -0.444. The molecule has 0 spiro atoms. The Morgan fingerprint density at radius 1 is 1.27 bits per heavy atom. The highest BCUT2D eigenvalue weighted by Gasteiger charge is 2.29. The highest BCUT2D eigenvalue weighted by Crippen LogP contribution is 2.32. The number of pyridine rings is 1. The van der Waals surface area contributed by atoms with Crippen molar-refractivity contribution in [2.24, 2.45) is 0 Å². The molecule has 0 atom stereocenters. The van der Waals surface area contributed by atoms with Crippen LogP contribution < -0.4 is 0 Å². The van der Waals surface area contributed by atoms with E-state index in [0.29, 0.717) is 0 Å². The largest absolute Gasteiger partial charge is 0.389 e. The van der Waals surface area contributed by atoms with Crippen LogP contribution >= 0.6 is 11.8 Å². The molecule has 1 fully saturated rings. The molecule has 0 aromatic carbocycles. The number of hydrogen-bond acceptors (Lipinski definition) is 3. The predicted molar refractivity (Wildman–Crippen MR) is 63.0 cm³/mol. The van der Waals surface area contributed by atoms with Crippen LogP contribution in [0.25, 0.3) is 0 Å².